The van der Waals surface area contributed by atoms with Crippen LogP contribution >= 0.6 is 0 Å². The Morgan fingerprint density at radius 1 is 0.755 bits per heavy atom. The molecule has 0 bridgehead atoms. The third-order valence-electron chi connectivity index (χ3n) is 9.37. The number of carbonyl (C=O) groups is 1. The average molecular weight is 710 g/mol. The number of hydrogen-bond acceptors (Lipinski definition) is 13. The Labute approximate surface area is 292 Å². The lowest BCUT2D eigenvalue weighted by molar-refractivity contribution is -0.304. The van der Waals surface area contributed by atoms with Gasteiger partial charge in [-0.2, -0.15) is 0 Å². The molecule has 11 atom stereocenters. The number of amides is 1. The summed E-state index contributed by atoms with van der Waals surface area (Å²) in [5, 5.41) is 72.0. The molecule has 2 heterocycles. The minimum absolute atomic E-state index is 0.0185. The second-order valence-corrected chi connectivity index (χ2v) is 13.9. The summed E-state index contributed by atoms with van der Waals surface area (Å²) in [6, 6.07) is -1.16. The Hall–Kier alpha value is -1.01. The molecule has 0 saturated carbocycles. The van der Waals surface area contributed by atoms with Gasteiger partial charge in [-0.1, -0.05) is 90.4 Å². The van der Waals surface area contributed by atoms with Gasteiger partial charge in [-0.25, -0.2) is 0 Å². The van der Waals surface area contributed by atoms with Crippen LogP contribution in [0.4, 0.5) is 0 Å². The van der Waals surface area contributed by atoms with Crippen molar-refractivity contribution >= 4 is 5.91 Å². The van der Waals surface area contributed by atoms with Crippen LogP contribution in [0.25, 0.3) is 0 Å². The van der Waals surface area contributed by atoms with Crippen molar-refractivity contribution in [2.45, 2.75) is 172 Å². The van der Waals surface area contributed by atoms with Gasteiger partial charge >= 0.3 is 0 Å². The first-order chi connectivity index (χ1) is 23.6. The first-order valence-corrected chi connectivity index (χ1v) is 18.6. The van der Waals surface area contributed by atoms with Gasteiger partial charge in [0, 0.05) is 20.1 Å². The molecule has 0 aromatic rings. The molecule has 0 aromatic heterocycles. The predicted molar refractivity (Wildman–Crippen MR) is 180 cm³/mol. The molecule has 2 fully saturated rings. The van der Waals surface area contributed by atoms with Crippen molar-refractivity contribution in [2.24, 2.45) is 5.92 Å². The highest BCUT2D eigenvalue weighted by molar-refractivity contribution is 5.73. The quantitative estimate of drug-likeness (QED) is 0.0565. The molecule has 2 rings (SSSR count). The Bertz CT molecular complexity index is 841. The van der Waals surface area contributed by atoms with Crippen LogP contribution in [-0.4, -0.2) is 143 Å². The second kappa shape index (κ2) is 25.9. The molecule has 1 amide bonds. The lowest BCUT2D eigenvalue weighted by Crippen LogP contribution is -2.65. The van der Waals surface area contributed by atoms with Crippen LogP contribution in [-0.2, 0) is 28.5 Å². The molecule has 0 aliphatic carbocycles. The van der Waals surface area contributed by atoms with Crippen molar-refractivity contribution < 1.29 is 64.2 Å². The molecule has 14 nitrogen and oxygen atoms in total. The molecule has 290 valence electrons. The third-order valence-corrected chi connectivity index (χ3v) is 9.37. The van der Waals surface area contributed by atoms with Crippen molar-refractivity contribution in [3.63, 3.8) is 0 Å². The number of aliphatic hydroxyl groups excluding tert-OH is 7. The summed E-state index contributed by atoms with van der Waals surface area (Å²) >= 11 is 0. The Morgan fingerprint density at radius 2 is 1.35 bits per heavy atom. The fraction of sp³-hybridized carbons (Fsp3) is 0.971. The van der Waals surface area contributed by atoms with Crippen LogP contribution in [0.2, 0.25) is 0 Å². The molecule has 2 aliphatic heterocycles. The van der Waals surface area contributed by atoms with E-state index in [-0.39, 0.29) is 19.8 Å². The molecule has 2 aliphatic rings. The number of nitrogens with one attached hydrogen (secondary N) is 1. The second-order valence-electron chi connectivity index (χ2n) is 13.9. The number of aliphatic hydroxyl groups is 7. The van der Waals surface area contributed by atoms with Gasteiger partial charge in [-0.05, 0) is 18.8 Å². The minimum atomic E-state index is -1.51. The number of hydrogen-bond donors (Lipinski definition) is 8. The summed E-state index contributed by atoms with van der Waals surface area (Å²) in [6.07, 6.45) is 5.92. The molecule has 14 heteroatoms. The average Bonchev–Trinajstić information content (AvgIpc) is 3.08. The lowest BCUT2D eigenvalue weighted by atomic mass is 9.96. The number of carbonyl (C=O) groups excluding carboxylic acids is 1. The fourth-order valence-corrected chi connectivity index (χ4v) is 6.28. The van der Waals surface area contributed by atoms with Gasteiger partial charge in [-0.15, -0.1) is 0 Å². The van der Waals surface area contributed by atoms with E-state index in [0.29, 0.717) is 13.2 Å². The standard InChI is InChI=1S/C35H67NO13/c1-24(16-12-8-4-3-6-10-14-18-37)17-13-9-5-7-11-15-19-45-21-26(22-46-35-33(44)30(41)27(40)23-47-35)48-34-29(36-25(2)39)32(43)31(42)28(20-38)49-34/h24,26-35,37-38,40-44H,3-23H2,1-2H3,(H,36,39)/t24?,26?,27-,28+,29+,30+,31+,32+,33-,34+,35-/m1/s1. The molecule has 2 saturated heterocycles. The zero-order chi connectivity index (χ0) is 36.0. The van der Waals surface area contributed by atoms with Crippen LogP contribution in [0, 0.1) is 5.92 Å². The van der Waals surface area contributed by atoms with Crippen molar-refractivity contribution in [3.8, 4) is 0 Å². The molecule has 0 spiro atoms. The van der Waals surface area contributed by atoms with Gasteiger partial charge in [0.05, 0.1) is 26.4 Å². The maximum absolute atomic E-state index is 11.8. The molecule has 2 unspecified atom stereocenters. The minimum Gasteiger partial charge on any atom is -0.396 e. The summed E-state index contributed by atoms with van der Waals surface area (Å²) in [6.45, 7) is 3.33. The molecule has 0 radical (unpaired) electrons. The highest BCUT2D eigenvalue weighted by atomic mass is 16.7. The highest BCUT2D eigenvalue weighted by Crippen LogP contribution is 2.25. The molecular formula is C35H67NO13. The van der Waals surface area contributed by atoms with E-state index in [4.69, 9.17) is 28.8 Å². The summed E-state index contributed by atoms with van der Waals surface area (Å²) in [4.78, 5) is 11.8. The normalized spacial score (nSPS) is 30.3. The van der Waals surface area contributed by atoms with Gasteiger partial charge in [0.15, 0.2) is 12.6 Å². The third kappa shape index (κ3) is 17.4. The molecule has 49 heavy (non-hydrogen) atoms. The van der Waals surface area contributed by atoms with Crippen molar-refractivity contribution in [1.29, 1.82) is 0 Å². The SMILES string of the molecule is CC(=O)N[C@@H]1[C@@H](OC(COCCCCCCCCC(C)CCCCCCCCCO)CO[C@@H]2OC[C@@H](O)[C@H](O)[C@H]2O)O[C@@H](CO)[C@H](O)[C@H]1O. The van der Waals surface area contributed by atoms with E-state index in [2.05, 4.69) is 12.2 Å². The van der Waals surface area contributed by atoms with Crippen molar-refractivity contribution in [1.82, 2.24) is 5.32 Å². The van der Waals surface area contributed by atoms with Crippen molar-refractivity contribution in [2.75, 3.05) is 39.6 Å². The summed E-state index contributed by atoms with van der Waals surface area (Å²) in [5.41, 5.74) is 0. The zero-order valence-corrected chi connectivity index (χ0v) is 29.8. The zero-order valence-electron chi connectivity index (χ0n) is 29.8. The number of ether oxygens (including phenoxy) is 5. The summed E-state index contributed by atoms with van der Waals surface area (Å²) in [7, 11) is 0. The fourth-order valence-electron chi connectivity index (χ4n) is 6.28. The van der Waals surface area contributed by atoms with Gasteiger partial charge in [0.25, 0.3) is 0 Å². The van der Waals surface area contributed by atoms with E-state index in [1.54, 1.807) is 0 Å². The van der Waals surface area contributed by atoms with E-state index >= 15 is 0 Å². The van der Waals surface area contributed by atoms with E-state index in [1.165, 1.54) is 71.1 Å². The summed E-state index contributed by atoms with van der Waals surface area (Å²) < 4.78 is 28.6. The van der Waals surface area contributed by atoms with E-state index in [1.807, 2.05) is 0 Å². The Morgan fingerprint density at radius 3 is 1.94 bits per heavy atom. The Kier molecular flexibility index (Phi) is 23.3. The smallest absolute Gasteiger partial charge is 0.217 e. The number of unbranched alkanes of at least 4 members (excludes halogenated alkanes) is 11. The van der Waals surface area contributed by atoms with Gasteiger partial charge in [0.1, 0.15) is 48.8 Å². The van der Waals surface area contributed by atoms with Crippen LogP contribution in [0.1, 0.15) is 110 Å². The molecule has 8 N–H and O–H groups in total. The van der Waals surface area contributed by atoms with Crippen LogP contribution in [0.5, 0.6) is 0 Å². The molecular weight excluding hydrogens is 642 g/mol. The maximum atomic E-state index is 11.8. The predicted octanol–water partition coefficient (Wildman–Crippen LogP) is 1.27. The van der Waals surface area contributed by atoms with E-state index < -0.39 is 73.9 Å². The van der Waals surface area contributed by atoms with Gasteiger partial charge in [-0.3, -0.25) is 4.79 Å². The maximum Gasteiger partial charge on any atom is 0.217 e. The topological polar surface area (TPSA) is 217 Å². The first-order valence-electron chi connectivity index (χ1n) is 18.6. The monoisotopic (exact) mass is 709 g/mol. The number of rotatable bonds is 27. The first kappa shape index (κ1) is 44.2. The van der Waals surface area contributed by atoms with Crippen LogP contribution in [0.15, 0.2) is 0 Å². The van der Waals surface area contributed by atoms with Crippen LogP contribution in [0.3, 0.4) is 0 Å². The van der Waals surface area contributed by atoms with Gasteiger partial charge in [0.2, 0.25) is 5.91 Å². The van der Waals surface area contributed by atoms with E-state index in [9.17, 15) is 35.4 Å². The Balaban J connectivity index is 1.72. The van der Waals surface area contributed by atoms with Gasteiger partial charge < -0.3 is 64.7 Å². The molecule has 0 aromatic carbocycles. The van der Waals surface area contributed by atoms with Crippen LogP contribution < -0.4 is 5.32 Å². The lowest BCUT2D eigenvalue weighted by Gasteiger charge is -2.43. The largest absolute Gasteiger partial charge is 0.396 e. The van der Waals surface area contributed by atoms with Crippen molar-refractivity contribution in [3.05, 3.63) is 0 Å². The summed E-state index contributed by atoms with van der Waals surface area (Å²) in [5.74, 6) is 0.274. The van der Waals surface area contributed by atoms with E-state index in [0.717, 1.165) is 38.0 Å². The highest BCUT2D eigenvalue weighted by Gasteiger charge is 2.46.